The summed E-state index contributed by atoms with van der Waals surface area (Å²) < 4.78 is 1.20. The number of fused-ring (bicyclic) bond motifs is 1. The van der Waals surface area contributed by atoms with Crippen molar-refractivity contribution in [2.45, 2.75) is 12.6 Å². The molecule has 1 unspecified atom stereocenters. The van der Waals surface area contributed by atoms with Crippen molar-refractivity contribution in [1.82, 2.24) is 10.6 Å². The van der Waals surface area contributed by atoms with Crippen LogP contribution in [0.1, 0.15) is 16.5 Å². The molecule has 24 heavy (non-hydrogen) atoms. The van der Waals surface area contributed by atoms with Gasteiger partial charge in [0.1, 0.15) is 6.10 Å². The molecule has 1 aromatic carbocycles. The number of rotatable bonds is 5. The van der Waals surface area contributed by atoms with Gasteiger partial charge in [-0.25, -0.2) is 0 Å². The van der Waals surface area contributed by atoms with Gasteiger partial charge in [-0.15, -0.1) is 35.3 Å². The Morgan fingerprint density at radius 3 is 2.79 bits per heavy atom. The summed E-state index contributed by atoms with van der Waals surface area (Å²) in [6, 6.07) is 12.3. The number of aliphatic imine (C=N–C) groups is 1. The summed E-state index contributed by atoms with van der Waals surface area (Å²) in [5.41, 5.74) is 1.23. The summed E-state index contributed by atoms with van der Waals surface area (Å²) >= 11 is 3.30. The molecule has 0 aliphatic heterocycles. The van der Waals surface area contributed by atoms with Crippen LogP contribution in [0.3, 0.4) is 0 Å². The molecule has 0 bridgehead atoms. The van der Waals surface area contributed by atoms with E-state index >= 15 is 0 Å². The third-order valence-corrected chi connectivity index (χ3v) is 5.45. The third kappa shape index (κ3) is 4.92. The Morgan fingerprint density at radius 2 is 2.08 bits per heavy atom. The zero-order valence-corrected chi connectivity index (χ0v) is 17.2. The number of aliphatic hydroxyl groups is 1. The Kier molecular flexibility index (Phi) is 7.47. The van der Waals surface area contributed by atoms with Crippen LogP contribution in [0.2, 0.25) is 0 Å². The van der Waals surface area contributed by atoms with Crippen LogP contribution in [-0.2, 0) is 6.54 Å². The minimum absolute atomic E-state index is 0. The molecule has 128 valence electrons. The predicted molar refractivity (Wildman–Crippen MR) is 115 cm³/mol. The van der Waals surface area contributed by atoms with Gasteiger partial charge in [0, 0.05) is 29.7 Å². The Bertz CT molecular complexity index is 753. The molecule has 2 heterocycles. The van der Waals surface area contributed by atoms with Crippen molar-refractivity contribution in [3.8, 4) is 0 Å². The minimum Gasteiger partial charge on any atom is -0.386 e. The van der Waals surface area contributed by atoms with Crippen molar-refractivity contribution in [2.24, 2.45) is 4.99 Å². The van der Waals surface area contributed by atoms with Crippen LogP contribution in [0.25, 0.3) is 10.1 Å². The number of thiophene rings is 2. The fraction of sp³-hybridized carbons (Fsp3) is 0.235. The molecular formula is C17H20IN3OS2. The first-order valence-electron chi connectivity index (χ1n) is 7.38. The molecule has 0 spiro atoms. The van der Waals surface area contributed by atoms with E-state index in [0.29, 0.717) is 12.5 Å². The Morgan fingerprint density at radius 1 is 1.25 bits per heavy atom. The second kappa shape index (κ2) is 9.36. The molecule has 3 N–H and O–H groups in total. The number of hydrogen-bond donors (Lipinski definition) is 3. The fourth-order valence-electron chi connectivity index (χ4n) is 2.26. The van der Waals surface area contributed by atoms with Crippen molar-refractivity contribution in [2.75, 3.05) is 13.6 Å². The zero-order chi connectivity index (χ0) is 16.1. The highest BCUT2D eigenvalue weighted by Crippen LogP contribution is 2.29. The van der Waals surface area contributed by atoms with Crippen molar-refractivity contribution >= 4 is 62.7 Å². The van der Waals surface area contributed by atoms with Gasteiger partial charge in [0.15, 0.2) is 5.96 Å². The van der Waals surface area contributed by atoms with E-state index in [1.807, 2.05) is 18.2 Å². The number of nitrogens with zero attached hydrogens (tertiary/aromatic N) is 1. The van der Waals surface area contributed by atoms with Crippen LogP contribution < -0.4 is 10.6 Å². The van der Waals surface area contributed by atoms with E-state index in [1.165, 1.54) is 15.6 Å². The SMILES string of the molecule is CN=C(NCc1ccsc1)NCC(O)c1cc2ccccc2s1.I. The summed E-state index contributed by atoms with van der Waals surface area (Å²) in [6.45, 7) is 1.15. The maximum absolute atomic E-state index is 10.4. The molecule has 0 aliphatic carbocycles. The summed E-state index contributed by atoms with van der Waals surface area (Å²) in [5.74, 6) is 0.691. The Hall–Kier alpha value is -1.16. The lowest BCUT2D eigenvalue weighted by atomic mass is 10.2. The lowest BCUT2D eigenvalue weighted by Gasteiger charge is -2.14. The Labute approximate surface area is 166 Å². The normalized spacial score (nSPS) is 12.7. The van der Waals surface area contributed by atoms with E-state index in [1.54, 1.807) is 29.7 Å². The molecule has 7 heteroatoms. The van der Waals surface area contributed by atoms with Gasteiger partial charge >= 0.3 is 0 Å². The minimum atomic E-state index is -0.549. The van der Waals surface area contributed by atoms with Gasteiger partial charge in [-0.2, -0.15) is 11.3 Å². The molecule has 2 aromatic heterocycles. The Balaban J connectivity index is 0.00000208. The summed E-state index contributed by atoms with van der Waals surface area (Å²) in [5, 5.41) is 22.1. The second-order valence-electron chi connectivity index (χ2n) is 5.14. The van der Waals surface area contributed by atoms with Crippen molar-refractivity contribution in [1.29, 1.82) is 0 Å². The van der Waals surface area contributed by atoms with Gasteiger partial charge in [0.2, 0.25) is 0 Å². The molecule has 1 atom stereocenters. The average Bonchev–Trinajstić information content (AvgIpc) is 3.23. The van der Waals surface area contributed by atoms with E-state index < -0.39 is 6.10 Å². The monoisotopic (exact) mass is 473 g/mol. The van der Waals surface area contributed by atoms with Gasteiger partial charge in [0.25, 0.3) is 0 Å². The average molecular weight is 473 g/mol. The van der Waals surface area contributed by atoms with E-state index in [-0.39, 0.29) is 24.0 Å². The predicted octanol–water partition coefficient (Wildman–Crippen LogP) is 3.98. The van der Waals surface area contributed by atoms with Crippen LogP contribution >= 0.6 is 46.7 Å². The van der Waals surface area contributed by atoms with Gasteiger partial charge in [-0.05, 0) is 39.9 Å². The number of benzene rings is 1. The van der Waals surface area contributed by atoms with E-state index in [2.05, 4.69) is 44.6 Å². The lowest BCUT2D eigenvalue weighted by molar-refractivity contribution is 0.184. The van der Waals surface area contributed by atoms with Crippen LogP contribution in [0.5, 0.6) is 0 Å². The van der Waals surface area contributed by atoms with Crippen molar-refractivity contribution in [3.63, 3.8) is 0 Å². The van der Waals surface area contributed by atoms with E-state index in [4.69, 9.17) is 0 Å². The van der Waals surface area contributed by atoms with Gasteiger partial charge in [-0.1, -0.05) is 18.2 Å². The first kappa shape index (κ1) is 19.2. The second-order valence-corrected chi connectivity index (χ2v) is 7.04. The summed E-state index contributed by atoms with van der Waals surface area (Å²) in [7, 11) is 1.73. The molecular weight excluding hydrogens is 453 g/mol. The molecule has 0 saturated heterocycles. The molecule has 0 aliphatic rings. The highest BCUT2D eigenvalue weighted by Gasteiger charge is 2.12. The smallest absolute Gasteiger partial charge is 0.191 e. The van der Waals surface area contributed by atoms with Crippen LogP contribution in [-0.4, -0.2) is 24.7 Å². The summed E-state index contributed by atoms with van der Waals surface area (Å²) in [4.78, 5) is 5.15. The zero-order valence-electron chi connectivity index (χ0n) is 13.2. The molecule has 0 saturated carbocycles. The summed E-state index contributed by atoms with van der Waals surface area (Å²) in [6.07, 6.45) is -0.549. The van der Waals surface area contributed by atoms with Crippen LogP contribution in [0.15, 0.2) is 52.2 Å². The van der Waals surface area contributed by atoms with Crippen LogP contribution in [0, 0.1) is 0 Å². The highest BCUT2D eigenvalue weighted by molar-refractivity contribution is 14.0. The van der Waals surface area contributed by atoms with Crippen molar-refractivity contribution in [3.05, 3.63) is 57.6 Å². The molecule has 3 aromatic rings. The quantitative estimate of drug-likeness (QED) is 0.299. The first-order valence-corrected chi connectivity index (χ1v) is 9.14. The lowest BCUT2D eigenvalue weighted by Crippen LogP contribution is -2.38. The van der Waals surface area contributed by atoms with E-state index in [9.17, 15) is 5.11 Å². The fourth-order valence-corrected chi connectivity index (χ4v) is 3.98. The highest BCUT2D eigenvalue weighted by atomic mass is 127. The van der Waals surface area contributed by atoms with Gasteiger partial charge in [-0.3, -0.25) is 4.99 Å². The topological polar surface area (TPSA) is 56.7 Å². The molecule has 3 rings (SSSR count). The number of aliphatic hydroxyl groups excluding tert-OH is 1. The number of halogens is 1. The standard InChI is InChI=1S/C17H19N3OS2.HI/c1-18-17(19-9-12-6-7-22-11-12)20-10-14(21)16-8-13-4-2-3-5-15(13)23-16;/h2-8,11,14,21H,9-10H2,1H3,(H2,18,19,20);1H. The number of guanidine groups is 1. The van der Waals surface area contributed by atoms with Crippen LogP contribution in [0.4, 0.5) is 0 Å². The maximum Gasteiger partial charge on any atom is 0.191 e. The molecule has 0 radical (unpaired) electrons. The largest absolute Gasteiger partial charge is 0.386 e. The third-order valence-electron chi connectivity index (χ3n) is 3.50. The molecule has 4 nitrogen and oxygen atoms in total. The van der Waals surface area contributed by atoms with E-state index in [0.717, 1.165) is 11.4 Å². The first-order chi connectivity index (χ1) is 11.3. The molecule has 0 fully saturated rings. The van der Waals surface area contributed by atoms with Gasteiger partial charge < -0.3 is 15.7 Å². The van der Waals surface area contributed by atoms with Crippen molar-refractivity contribution < 1.29 is 5.11 Å². The molecule has 0 amide bonds. The number of nitrogens with one attached hydrogen (secondary N) is 2. The maximum atomic E-state index is 10.4. The number of hydrogen-bond acceptors (Lipinski definition) is 4. The van der Waals surface area contributed by atoms with Gasteiger partial charge in [0.05, 0.1) is 0 Å².